The first-order chi connectivity index (χ1) is 35.5. The van der Waals surface area contributed by atoms with Crippen molar-refractivity contribution in [2.45, 2.75) is 373 Å². The minimum atomic E-state index is -0.668. The first kappa shape index (κ1) is 70.3. The molecule has 0 aliphatic carbocycles. The van der Waals surface area contributed by atoms with Crippen LogP contribution in [0.4, 0.5) is 0 Å². The Morgan fingerprint density at radius 3 is 0.986 bits per heavy atom. The summed E-state index contributed by atoms with van der Waals surface area (Å²) in [5.41, 5.74) is 0. The average Bonchev–Trinajstić information content (AvgIpc) is 3.38. The number of allylic oxidation sites excluding steroid dienone is 4. The SMILES string of the molecule is CCCCCCC/C=C\CCCCCCCC(=O)OCCCCCCCCCCCCCC/C=C\CCCCCCCCCC(=O)NC(CO)C(O)CCCCCCCCCCCCCCCCCCCC. The Morgan fingerprint density at radius 1 is 0.375 bits per heavy atom. The van der Waals surface area contributed by atoms with Gasteiger partial charge in [0.2, 0.25) is 5.91 Å². The summed E-state index contributed by atoms with van der Waals surface area (Å²) in [7, 11) is 0. The van der Waals surface area contributed by atoms with E-state index >= 15 is 0 Å². The van der Waals surface area contributed by atoms with Crippen molar-refractivity contribution >= 4 is 11.9 Å². The van der Waals surface area contributed by atoms with Crippen molar-refractivity contribution in [1.29, 1.82) is 0 Å². The van der Waals surface area contributed by atoms with E-state index in [4.69, 9.17) is 4.74 Å². The van der Waals surface area contributed by atoms with Gasteiger partial charge >= 0.3 is 5.97 Å². The Bertz CT molecular complexity index is 1120. The Morgan fingerprint density at radius 2 is 0.653 bits per heavy atom. The standard InChI is InChI=1S/C66H127NO5/c1-3-5-7-9-11-13-15-17-19-20-28-31-34-38-42-46-50-54-58-64(69)63(62-68)67-65(70)59-55-51-47-43-39-35-32-29-26-24-22-21-23-25-27-30-33-37-41-45-49-53-57-61-72-66(71)60-56-52-48-44-40-36-18-16-14-12-10-8-6-4-2/h16,18,24,26,63-64,68-69H,3-15,17,19-23,25,27-62H2,1-2H3,(H,67,70)/b18-16-,26-24-. The average molecular weight is 1010 g/mol. The van der Waals surface area contributed by atoms with Crippen LogP contribution in [0.2, 0.25) is 0 Å². The van der Waals surface area contributed by atoms with E-state index in [0.717, 1.165) is 44.9 Å². The number of rotatable bonds is 61. The lowest BCUT2D eigenvalue weighted by Gasteiger charge is -2.22. The third-order valence-corrected chi connectivity index (χ3v) is 15.2. The normalized spacial score (nSPS) is 12.7. The number of unbranched alkanes of at least 4 members (excludes halogenated alkanes) is 46. The van der Waals surface area contributed by atoms with Crippen molar-refractivity contribution in [2.75, 3.05) is 13.2 Å². The van der Waals surface area contributed by atoms with Gasteiger partial charge in [-0.15, -0.1) is 0 Å². The van der Waals surface area contributed by atoms with Gasteiger partial charge < -0.3 is 20.3 Å². The number of aliphatic hydroxyl groups excluding tert-OH is 2. The highest BCUT2D eigenvalue weighted by Gasteiger charge is 2.20. The molecule has 0 aliphatic rings. The monoisotopic (exact) mass is 1010 g/mol. The molecular formula is C66H127NO5. The fourth-order valence-corrected chi connectivity index (χ4v) is 10.2. The molecule has 0 heterocycles. The van der Waals surface area contributed by atoms with Gasteiger partial charge in [0, 0.05) is 12.8 Å². The molecule has 6 nitrogen and oxygen atoms in total. The minimum Gasteiger partial charge on any atom is -0.466 e. The molecule has 1 amide bonds. The second-order valence-electron chi connectivity index (χ2n) is 22.4. The number of nitrogens with one attached hydrogen (secondary N) is 1. The number of hydrogen-bond acceptors (Lipinski definition) is 5. The molecule has 0 aromatic rings. The van der Waals surface area contributed by atoms with E-state index in [-0.39, 0.29) is 18.5 Å². The maximum absolute atomic E-state index is 12.5. The maximum Gasteiger partial charge on any atom is 0.305 e. The summed E-state index contributed by atoms with van der Waals surface area (Å²) in [6, 6.07) is -0.546. The molecule has 72 heavy (non-hydrogen) atoms. The van der Waals surface area contributed by atoms with E-state index in [1.54, 1.807) is 0 Å². The van der Waals surface area contributed by atoms with Gasteiger partial charge in [-0.3, -0.25) is 9.59 Å². The predicted molar refractivity (Wildman–Crippen MR) is 315 cm³/mol. The molecule has 3 N–H and O–H groups in total. The number of hydrogen-bond donors (Lipinski definition) is 3. The number of carbonyl (C=O) groups excluding carboxylic acids is 2. The molecule has 2 unspecified atom stereocenters. The zero-order valence-electron chi connectivity index (χ0n) is 48.7. The molecule has 0 spiro atoms. The first-order valence-corrected chi connectivity index (χ1v) is 32.6. The summed E-state index contributed by atoms with van der Waals surface area (Å²) in [4.78, 5) is 24.6. The zero-order chi connectivity index (χ0) is 52.2. The minimum absolute atomic E-state index is 0.00351. The molecule has 6 heteroatoms. The molecule has 0 aromatic carbocycles. The molecule has 0 rings (SSSR count). The molecule has 0 aromatic heterocycles. The van der Waals surface area contributed by atoms with E-state index in [1.165, 1.54) is 283 Å². The molecule has 0 fully saturated rings. The summed E-state index contributed by atoms with van der Waals surface area (Å²) in [6.07, 6.45) is 76.2. The summed E-state index contributed by atoms with van der Waals surface area (Å²) in [5, 5.41) is 23.3. The molecule has 0 saturated carbocycles. The molecule has 0 bridgehead atoms. The predicted octanol–water partition coefficient (Wildman–Crippen LogP) is 20.6. The molecule has 0 saturated heterocycles. The molecule has 2 atom stereocenters. The molecular weight excluding hydrogens is 887 g/mol. The van der Waals surface area contributed by atoms with Gasteiger partial charge in [0.15, 0.2) is 0 Å². The second kappa shape index (κ2) is 61.9. The molecule has 0 aliphatic heterocycles. The van der Waals surface area contributed by atoms with Crippen molar-refractivity contribution in [3.8, 4) is 0 Å². The van der Waals surface area contributed by atoms with Crippen LogP contribution in [0, 0.1) is 0 Å². The van der Waals surface area contributed by atoms with Gasteiger partial charge in [0.1, 0.15) is 0 Å². The molecule has 426 valence electrons. The lowest BCUT2D eigenvalue weighted by Crippen LogP contribution is -2.45. The van der Waals surface area contributed by atoms with Gasteiger partial charge in [0.25, 0.3) is 0 Å². The summed E-state index contributed by atoms with van der Waals surface area (Å²) in [5.74, 6) is -0.0348. The van der Waals surface area contributed by atoms with Gasteiger partial charge in [-0.1, -0.05) is 295 Å². The van der Waals surface area contributed by atoms with Crippen LogP contribution in [-0.2, 0) is 14.3 Å². The van der Waals surface area contributed by atoms with Crippen LogP contribution in [-0.4, -0.2) is 47.4 Å². The Hall–Kier alpha value is -1.66. The van der Waals surface area contributed by atoms with Crippen LogP contribution in [0.5, 0.6) is 0 Å². The first-order valence-electron chi connectivity index (χ1n) is 32.6. The van der Waals surface area contributed by atoms with Crippen LogP contribution in [0.3, 0.4) is 0 Å². The highest BCUT2D eigenvalue weighted by molar-refractivity contribution is 5.76. The van der Waals surface area contributed by atoms with Gasteiger partial charge in [0.05, 0.1) is 25.4 Å². The Kier molecular flexibility index (Phi) is 60.5. The van der Waals surface area contributed by atoms with Crippen LogP contribution < -0.4 is 5.32 Å². The smallest absolute Gasteiger partial charge is 0.305 e. The second-order valence-corrected chi connectivity index (χ2v) is 22.4. The number of esters is 1. The highest BCUT2D eigenvalue weighted by Crippen LogP contribution is 2.18. The van der Waals surface area contributed by atoms with Crippen LogP contribution in [0.1, 0.15) is 361 Å². The quantitative estimate of drug-likeness (QED) is 0.0320. The number of amides is 1. The van der Waals surface area contributed by atoms with Crippen molar-refractivity contribution < 1.29 is 24.5 Å². The van der Waals surface area contributed by atoms with E-state index in [2.05, 4.69) is 43.5 Å². The van der Waals surface area contributed by atoms with Crippen LogP contribution >= 0.6 is 0 Å². The van der Waals surface area contributed by atoms with Crippen molar-refractivity contribution in [2.24, 2.45) is 0 Å². The number of carbonyl (C=O) groups is 2. The summed E-state index contributed by atoms with van der Waals surface area (Å²) < 4.78 is 5.48. The van der Waals surface area contributed by atoms with Crippen molar-refractivity contribution in [3.63, 3.8) is 0 Å². The number of ether oxygens (including phenoxy) is 1. The van der Waals surface area contributed by atoms with E-state index < -0.39 is 12.1 Å². The fraction of sp³-hybridized carbons (Fsp3) is 0.909. The van der Waals surface area contributed by atoms with E-state index in [9.17, 15) is 19.8 Å². The number of aliphatic hydroxyl groups is 2. The van der Waals surface area contributed by atoms with Crippen LogP contribution in [0.25, 0.3) is 0 Å². The Labute approximate surface area is 450 Å². The largest absolute Gasteiger partial charge is 0.466 e. The summed E-state index contributed by atoms with van der Waals surface area (Å²) in [6.45, 7) is 4.96. The zero-order valence-corrected chi connectivity index (χ0v) is 48.7. The topological polar surface area (TPSA) is 95.9 Å². The van der Waals surface area contributed by atoms with Gasteiger partial charge in [-0.25, -0.2) is 0 Å². The van der Waals surface area contributed by atoms with E-state index in [1.807, 2.05) is 0 Å². The third-order valence-electron chi connectivity index (χ3n) is 15.2. The van der Waals surface area contributed by atoms with Crippen LogP contribution in [0.15, 0.2) is 24.3 Å². The Balaban J connectivity index is 3.41. The lowest BCUT2D eigenvalue weighted by molar-refractivity contribution is -0.143. The lowest BCUT2D eigenvalue weighted by atomic mass is 10.0. The highest BCUT2D eigenvalue weighted by atomic mass is 16.5. The molecule has 0 radical (unpaired) electrons. The third kappa shape index (κ3) is 57.6. The maximum atomic E-state index is 12.5. The van der Waals surface area contributed by atoms with Gasteiger partial charge in [-0.2, -0.15) is 0 Å². The van der Waals surface area contributed by atoms with Crippen molar-refractivity contribution in [1.82, 2.24) is 5.32 Å². The fourth-order valence-electron chi connectivity index (χ4n) is 10.2. The summed E-state index contributed by atoms with van der Waals surface area (Å²) >= 11 is 0. The van der Waals surface area contributed by atoms with E-state index in [0.29, 0.717) is 25.9 Å². The van der Waals surface area contributed by atoms with Gasteiger partial charge in [-0.05, 0) is 77.0 Å². The van der Waals surface area contributed by atoms with Crippen molar-refractivity contribution in [3.05, 3.63) is 24.3 Å².